The van der Waals surface area contributed by atoms with Crippen LogP contribution in [0, 0.1) is 0 Å². The van der Waals surface area contributed by atoms with Gasteiger partial charge in [0.1, 0.15) is 6.10 Å². The highest BCUT2D eigenvalue weighted by atomic mass is 19.1. The van der Waals surface area contributed by atoms with Crippen molar-refractivity contribution in [3.63, 3.8) is 0 Å². The Balaban J connectivity index is 2.07. The molecule has 2 nitrogen and oxygen atoms in total. The number of hydrogen-bond donors (Lipinski definition) is 0. The van der Waals surface area contributed by atoms with Crippen LogP contribution in [0.3, 0.4) is 0 Å². The van der Waals surface area contributed by atoms with E-state index in [1.54, 1.807) is 0 Å². The van der Waals surface area contributed by atoms with E-state index in [2.05, 4.69) is 0 Å². The standard InChI is InChI=1S/C6H9FO2/c7-4-3-9-5-1-2-8-6(4)5/h4-6H,1-3H2/t4-,5+,6+/m0/s1. The number of halogens is 1. The summed E-state index contributed by atoms with van der Waals surface area (Å²) in [5, 5.41) is 0. The maximum absolute atomic E-state index is 12.6. The van der Waals surface area contributed by atoms with E-state index in [4.69, 9.17) is 9.47 Å². The van der Waals surface area contributed by atoms with Crippen molar-refractivity contribution in [2.45, 2.75) is 24.8 Å². The zero-order valence-corrected chi connectivity index (χ0v) is 5.05. The van der Waals surface area contributed by atoms with Gasteiger partial charge in [0.2, 0.25) is 0 Å². The van der Waals surface area contributed by atoms with Crippen molar-refractivity contribution in [2.75, 3.05) is 13.2 Å². The zero-order valence-electron chi connectivity index (χ0n) is 5.05. The van der Waals surface area contributed by atoms with Crippen molar-refractivity contribution < 1.29 is 13.9 Å². The van der Waals surface area contributed by atoms with Crippen LogP contribution in [0.25, 0.3) is 0 Å². The van der Waals surface area contributed by atoms with Gasteiger partial charge in [0.15, 0.2) is 6.17 Å². The van der Waals surface area contributed by atoms with Crippen molar-refractivity contribution in [3.05, 3.63) is 0 Å². The van der Waals surface area contributed by atoms with Crippen molar-refractivity contribution in [3.8, 4) is 0 Å². The smallest absolute Gasteiger partial charge is 0.152 e. The minimum Gasteiger partial charge on any atom is -0.372 e. The number of rotatable bonds is 0. The fourth-order valence-electron chi connectivity index (χ4n) is 1.42. The summed E-state index contributed by atoms with van der Waals surface area (Å²) in [5.74, 6) is 0. The van der Waals surface area contributed by atoms with Crippen LogP contribution in [-0.4, -0.2) is 31.6 Å². The first-order valence-corrected chi connectivity index (χ1v) is 3.25. The number of hydrogen-bond acceptors (Lipinski definition) is 2. The minimum absolute atomic E-state index is 0.0556. The molecule has 9 heavy (non-hydrogen) atoms. The Morgan fingerprint density at radius 1 is 1.33 bits per heavy atom. The Labute approximate surface area is 52.9 Å². The lowest BCUT2D eigenvalue weighted by molar-refractivity contribution is 0.0543. The Morgan fingerprint density at radius 3 is 3.00 bits per heavy atom. The molecule has 0 unspecified atom stereocenters. The molecule has 3 heteroatoms. The van der Waals surface area contributed by atoms with E-state index in [0.29, 0.717) is 6.61 Å². The van der Waals surface area contributed by atoms with Crippen molar-refractivity contribution >= 4 is 0 Å². The third-order valence-corrected chi connectivity index (χ3v) is 1.91. The monoisotopic (exact) mass is 132 g/mol. The first-order chi connectivity index (χ1) is 4.38. The van der Waals surface area contributed by atoms with E-state index in [9.17, 15) is 4.39 Å². The van der Waals surface area contributed by atoms with Crippen molar-refractivity contribution in [1.29, 1.82) is 0 Å². The molecule has 0 saturated carbocycles. The van der Waals surface area contributed by atoms with Crippen LogP contribution in [0.1, 0.15) is 6.42 Å². The molecule has 0 aromatic carbocycles. The predicted octanol–water partition coefficient (Wildman–Crippen LogP) is 0.512. The molecule has 3 atom stereocenters. The molecule has 0 aliphatic carbocycles. The van der Waals surface area contributed by atoms with Crippen LogP contribution in [0.5, 0.6) is 0 Å². The molecule has 0 aromatic heterocycles. The van der Waals surface area contributed by atoms with E-state index in [-0.39, 0.29) is 18.8 Å². The van der Waals surface area contributed by atoms with E-state index in [1.807, 2.05) is 0 Å². The topological polar surface area (TPSA) is 18.5 Å². The van der Waals surface area contributed by atoms with Gasteiger partial charge in [0, 0.05) is 6.61 Å². The van der Waals surface area contributed by atoms with Gasteiger partial charge in [-0.2, -0.15) is 0 Å². The van der Waals surface area contributed by atoms with Gasteiger partial charge in [0.25, 0.3) is 0 Å². The molecule has 2 rings (SSSR count). The highest BCUT2D eigenvalue weighted by Crippen LogP contribution is 2.27. The number of fused-ring (bicyclic) bond motifs is 1. The third-order valence-electron chi connectivity index (χ3n) is 1.91. The van der Waals surface area contributed by atoms with Crippen molar-refractivity contribution in [1.82, 2.24) is 0 Å². The second-order valence-corrected chi connectivity index (χ2v) is 2.51. The zero-order chi connectivity index (χ0) is 6.27. The summed E-state index contributed by atoms with van der Waals surface area (Å²) in [6.07, 6.45) is -0.201. The molecular weight excluding hydrogens is 123 g/mol. The average molecular weight is 132 g/mol. The fourth-order valence-corrected chi connectivity index (χ4v) is 1.42. The molecular formula is C6H9FO2. The molecule has 0 aromatic rings. The molecule has 0 spiro atoms. The van der Waals surface area contributed by atoms with Gasteiger partial charge in [-0.1, -0.05) is 0 Å². The van der Waals surface area contributed by atoms with E-state index < -0.39 is 6.17 Å². The summed E-state index contributed by atoms with van der Waals surface area (Å²) >= 11 is 0. The first-order valence-electron chi connectivity index (χ1n) is 3.25. The van der Waals surface area contributed by atoms with E-state index in [1.165, 1.54) is 0 Å². The van der Waals surface area contributed by atoms with E-state index >= 15 is 0 Å². The van der Waals surface area contributed by atoms with Gasteiger partial charge < -0.3 is 9.47 Å². The lowest BCUT2D eigenvalue weighted by atomic mass is 10.2. The molecule has 52 valence electrons. The van der Waals surface area contributed by atoms with E-state index in [0.717, 1.165) is 6.42 Å². The summed E-state index contributed by atoms with van der Waals surface area (Å²) in [4.78, 5) is 0. The SMILES string of the molecule is F[C@H]1CO[C@@H]2CCO[C@H]12. The average Bonchev–Trinajstić information content (AvgIpc) is 2.35. The molecule has 0 N–H and O–H groups in total. The van der Waals surface area contributed by atoms with Gasteiger partial charge in [-0.3, -0.25) is 0 Å². The Hall–Kier alpha value is -0.150. The maximum atomic E-state index is 12.6. The highest BCUT2D eigenvalue weighted by molar-refractivity contribution is 4.88. The quantitative estimate of drug-likeness (QED) is 0.478. The van der Waals surface area contributed by atoms with Crippen LogP contribution in [0.15, 0.2) is 0 Å². The molecule has 0 amide bonds. The van der Waals surface area contributed by atoms with Crippen LogP contribution >= 0.6 is 0 Å². The fraction of sp³-hybridized carbons (Fsp3) is 1.00. The normalized spacial score (nSPS) is 49.7. The van der Waals surface area contributed by atoms with Crippen LogP contribution in [0.2, 0.25) is 0 Å². The summed E-state index contributed by atoms with van der Waals surface area (Å²) in [6.45, 7) is 0.894. The van der Waals surface area contributed by atoms with Gasteiger partial charge >= 0.3 is 0 Å². The second kappa shape index (κ2) is 1.92. The molecule has 0 radical (unpaired) electrons. The highest BCUT2D eigenvalue weighted by Gasteiger charge is 2.41. The Kier molecular flexibility index (Phi) is 1.20. The molecule has 2 heterocycles. The Bertz CT molecular complexity index is 118. The van der Waals surface area contributed by atoms with Crippen LogP contribution in [0.4, 0.5) is 4.39 Å². The summed E-state index contributed by atoms with van der Waals surface area (Å²) in [7, 11) is 0. The summed E-state index contributed by atoms with van der Waals surface area (Å²) < 4.78 is 22.8. The van der Waals surface area contributed by atoms with Gasteiger partial charge in [0.05, 0.1) is 12.7 Å². The summed E-state index contributed by atoms with van der Waals surface area (Å²) in [6, 6.07) is 0. The minimum atomic E-state index is -0.877. The van der Waals surface area contributed by atoms with Gasteiger partial charge in [-0.15, -0.1) is 0 Å². The van der Waals surface area contributed by atoms with Crippen molar-refractivity contribution in [2.24, 2.45) is 0 Å². The summed E-state index contributed by atoms with van der Waals surface area (Å²) in [5.41, 5.74) is 0. The first kappa shape index (κ1) is 5.62. The molecule has 2 saturated heterocycles. The second-order valence-electron chi connectivity index (χ2n) is 2.51. The predicted molar refractivity (Wildman–Crippen MR) is 29.0 cm³/mol. The van der Waals surface area contributed by atoms with Crippen LogP contribution in [-0.2, 0) is 9.47 Å². The van der Waals surface area contributed by atoms with Gasteiger partial charge in [-0.25, -0.2) is 4.39 Å². The number of ether oxygens (including phenoxy) is 2. The van der Waals surface area contributed by atoms with Gasteiger partial charge in [-0.05, 0) is 6.42 Å². The molecule has 2 aliphatic heterocycles. The maximum Gasteiger partial charge on any atom is 0.152 e. The Morgan fingerprint density at radius 2 is 2.22 bits per heavy atom. The number of alkyl halides is 1. The largest absolute Gasteiger partial charge is 0.372 e. The lowest BCUT2D eigenvalue weighted by Crippen LogP contribution is -2.23. The molecule has 2 fully saturated rings. The molecule has 2 aliphatic rings. The van der Waals surface area contributed by atoms with Crippen LogP contribution < -0.4 is 0 Å². The lowest BCUT2D eigenvalue weighted by Gasteiger charge is -2.06. The molecule has 0 bridgehead atoms. The third kappa shape index (κ3) is 0.756.